The molecule has 0 atom stereocenters. The molecule has 3 rings (SSSR count). The maximum Gasteiger partial charge on any atom is 0.449 e. The second kappa shape index (κ2) is 12.2. The number of hydrogen-bond acceptors (Lipinski definition) is 10. The number of nitrogens with one attached hydrogen (secondary N) is 2. The summed E-state index contributed by atoms with van der Waals surface area (Å²) in [6.45, 7) is 5.72. The van der Waals surface area contributed by atoms with Crippen LogP contribution in [0.1, 0.15) is 39.0 Å². The van der Waals surface area contributed by atoms with Crippen molar-refractivity contribution in [3.63, 3.8) is 0 Å². The quantitative estimate of drug-likeness (QED) is 0.292. The molecule has 1 saturated heterocycles. The molecule has 1 aliphatic heterocycles. The maximum atomic E-state index is 13.1. The van der Waals surface area contributed by atoms with Gasteiger partial charge in [0.2, 0.25) is 5.84 Å². The molecule has 0 saturated carbocycles. The molecular weight excluding hydrogens is 555 g/mol. The number of amidine groups is 2. The summed E-state index contributed by atoms with van der Waals surface area (Å²) in [5, 5.41) is 25.4. The van der Waals surface area contributed by atoms with E-state index < -0.39 is 42.1 Å². The minimum Gasteiger partial charge on any atom is -0.480 e. The van der Waals surface area contributed by atoms with Crippen molar-refractivity contribution in [1.29, 1.82) is 10.8 Å². The van der Waals surface area contributed by atoms with Gasteiger partial charge in [0.05, 0.1) is 18.5 Å². The van der Waals surface area contributed by atoms with Crippen LogP contribution in [-0.4, -0.2) is 99.7 Å². The minimum absolute atomic E-state index is 0.0659. The SMILES string of the molecule is CCCc1cc2c(N3CCN(C(=N)C(F)(F)F)C(=N)C3)nc(OCCN(CC(=O)O)C(=O)OC(C)(C)C)nc2s1. The zero-order chi connectivity index (χ0) is 29.8. The third kappa shape index (κ3) is 7.92. The molecule has 16 heteroatoms. The highest BCUT2D eigenvalue weighted by Gasteiger charge is 2.41. The first-order chi connectivity index (χ1) is 18.6. The van der Waals surface area contributed by atoms with E-state index in [0.29, 0.717) is 20.9 Å². The molecule has 0 aromatic carbocycles. The van der Waals surface area contributed by atoms with Crippen LogP contribution >= 0.6 is 11.3 Å². The predicted molar refractivity (Wildman–Crippen MR) is 143 cm³/mol. The third-order valence-electron chi connectivity index (χ3n) is 5.57. The van der Waals surface area contributed by atoms with E-state index >= 15 is 0 Å². The zero-order valence-electron chi connectivity index (χ0n) is 22.6. The highest BCUT2D eigenvalue weighted by molar-refractivity contribution is 7.18. The van der Waals surface area contributed by atoms with Crippen molar-refractivity contribution in [2.45, 2.75) is 52.3 Å². The Kier molecular flexibility index (Phi) is 9.43. The molecular formula is C24H32F3N7O5S. The van der Waals surface area contributed by atoms with E-state index in [1.54, 1.807) is 25.7 Å². The minimum atomic E-state index is -4.87. The fourth-order valence-electron chi connectivity index (χ4n) is 3.87. The van der Waals surface area contributed by atoms with Crippen LogP contribution in [0.25, 0.3) is 10.2 Å². The van der Waals surface area contributed by atoms with E-state index in [0.717, 1.165) is 22.6 Å². The van der Waals surface area contributed by atoms with Gasteiger partial charge in [-0.3, -0.25) is 20.5 Å². The molecule has 0 spiro atoms. The van der Waals surface area contributed by atoms with E-state index in [1.165, 1.54) is 11.3 Å². The van der Waals surface area contributed by atoms with Crippen LogP contribution in [0.15, 0.2) is 6.07 Å². The van der Waals surface area contributed by atoms with E-state index in [4.69, 9.17) is 20.3 Å². The maximum absolute atomic E-state index is 13.1. The number of carboxylic acid groups (broad SMARTS) is 1. The summed E-state index contributed by atoms with van der Waals surface area (Å²) in [4.78, 5) is 37.5. The van der Waals surface area contributed by atoms with Crippen LogP contribution in [0.3, 0.4) is 0 Å². The summed E-state index contributed by atoms with van der Waals surface area (Å²) in [5.41, 5.74) is -0.830. The number of nitrogens with zero attached hydrogens (tertiary/aromatic N) is 5. The van der Waals surface area contributed by atoms with Gasteiger partial charge in [-0.25, -0.2) is 4.79 Å². The fraction of sp³-hybridized carbons (Fsp3) is 0.583. The van der Waals surface area contributed by atoms with Crippen molar-refractivity contribution in [3.05, 3.63) is 10.9 Å². The van der Waals surface area contributed by atoms with Gasteiger partial charge in [-0.2, -0.15) is 23.1 Å². The highest BCUT2D eigenvalue weighted by atomic mass is 32.1. The van der Waals surface area contributed by atoms with Crippen molar-refractivity contribution >= 4 is 51.1 Å². The fourth-order valence-corrected chi connectivity index (χ4v) is 4.98. The van der Waals surface area contributed by atoms with E-state index in [-0.39, 0.29) is 38.8 Å². The second-order valence-corrected chi connectivity index (χ2v) is 11.1. The molecule has 2 aromatic heterocycles. The van der Waals surface area contributed by atoms with Crippen molar-refractivity contribution < 1.29 is 37.3 Å². The number of carboxylic acids is 1. The molecule has 220 valence electrons. The van der Waals surface area contributed by atoms with Crippen LogP contribution in [0, 0.1) is 10.8 Å². The number of halogens is 3. The monoisotopic (exact) mass is 587 g/mol. The highest BCUT2D eigenvalue weighted by Crippen LogP contribution is 2.34. The number of amides is 1. The molecule has 0 aliphatic carbocycles. The number of aryl methyl sites for hydroxylation is 1. The van der Waals surface area contributed by atoms with Crippen LogP contribution in [-0.2, 0) is 16.0 Å². The number of aliphatic carboxylic acids is 1. The number of ether oxygens (including phenoxy) is 2. The number of piperazine rings is 1. The number of fused-ring (bicyclic) bond motifs is 1. The number of rotatable bonds is 9. The molecule has 3 N–H and O–H groups in total. The molecule has 3 heterocycles. The molecule has 0 unspecified atom stereocenters. The number of thiophene rings is 1. The Morgan fingerprint density at radius 2 is 1.93 bits per heavy atom. The molecule has 0 radical (unpaired) electrons. The Morgan fingerprint density at radius 3 is 2.50 bits per heavy atom. The van der Waals surface area contributed by atoms with Crippen LogP contribution < -0.4 is 9.64 Å². The number of hydrogen-bond donors (Lipinski definition) is 3. The van der Waals surface area contributed by atoms with Crippen LogP contribution in [0.5, 0.6) is 6.01 Å². The third-order valence-corrected chi connectivity index (χ3v) is 6.66. The first-order valence-corrected chi connectivity index (χ1v) is 13.3. The standard InChI is InChI=1S/C24H32F3N7O5S/c1-5-6-14-11-15-18(32-7-8-34(16(28)12-32)20(29)24(25,26)27)30-21(31-19(15)40-14)38-10-9-33(13-17(35)36)22(37)39-23(2,3)4/h11,28-29H,5-10,12-13H2,1-4H3,(H,35,36). The summed E-state index contributed by atoms with van der Waals surface area (Å²) >= 11 is 1.42. The topological polar surface area (TPSA) is 156 Å². The first kappa shape index (κ1) is 30.8. The average molecular weight is 588 g/mol. The van der Waals surface area contributed by atoms with Gasteiger partial charge in [0, 0.05) is 18.0 Å². The van der Waals surface area contributed by atoms with Gasteiger partial charge in [0.15, 0.2) is 0 Å². The van der Waals surface area contributed by atoms with Crippen molar-refractivity contribution in [3.8, 4) is 6.01 Å². The van der Waals surface area contributed by atoms with Gasteiger partial charge >= 0.3 is 24.2 Å². The number of carbonyl (C=O) groups is 2. The predicted octanol–water partition coefficient (Wildman–Crippen LogP) is 3.98. The van der Waals surface area contributed by atoms with Gasteiger partial charge in [0.25, 0.3) is 0 Å². The number of alkyl halides is 3. The van der Waals surface area contributed by atoms with Crippen molar-refractivity contribution in [1.82, 2.24) is 19.8 Å². The summed E-state index contributed by atoms with van der Waals surface area (Å²) in [5.74, 6) is -2.84. The molecule has 12 nitrogen and oxygen atoms in total. The zero-order valence-corrected chi connectivity index (χ0v) is 23.4. The lowest BCUT2D eigenvalue weighted by Crippen LogP contribution is -2.55. The summed E-state index contributed by atoms with van der Waals surface area (Å²) < 4.78 is 50.2. The van der Waals surface area contributed by atoms with Gasteiger partial charge in [-0.1, -0.05) is 13.3 Å². The first-order valence-electron chi connectivity index (χ1n) is 12.5. The molecule has 0 bridgehead atoms. The van der Waals surface area contributed by atoms with Crippen LogP contribution in [0.4, 0.5) is 23.8 Å². The summed E-state index contributed by atoms with van der Waals surface area (Å²) in [6, 6.07) is 1.84. The molecule has 1 amide bonds. The molecule has 2 aromatic rings. The van der Waals surface area contributed by atoms with E-state index in [9.17, 15) is 27.9 Å². The van der Waals surface area contributed by atoms with Gasteiger partial charge in [0.1, 0.15) is 35.2 Å². The van der Waals surface area contributed by atoms with E-state index in [1.807, 2.05) is 13.0 Å². The number of aromatic nitrogens is 2. The van der Waals surface area contributed by atoms with Gasteiger partial charge in [-0.05, 0) is 33.3 Å². The molecule has 1 aliphatic rings. The van der Waals surface area contributed by atoms with Crippen molar-refractivity contribution in [2.24, 2.45) is 0 Å². The van der Waals surface area contributed by atoms with Gasteiger partial charge < -0.3 is 24.4 Å². The lowest BCUT2D eigenvalue weighted by Gasteiger charge is -2.37. The number of carbonyl (C=O) groups excluding carboxylic acids is 1. The van der Waals surface area contributed by atoms with Crippen LogP contribution in [0.2, 0.25) is 0 Å². The Balaban J connectivity index is 1.83. The average Bonchev–Trinajstić information content (AvgIpc) is 3.23. The molecule has 1 fully saturated rings. The Hall–Kier alpha value is -3.69. The lowest BCUT2D eigenvalue weighted by atomic mass is 10.2. The molecule has 40 heavy (non-hydrogen) atoms. The smallest absolute Gasteiger partial charge is 0.449 e. The Bertz CT molecular complexity index is 1280. The Labute approximate surface area is 232 Å². The second-order valence-electron chi connectivity index (χ2n) is 10.0. The normalized spacial score (nSPS) is 14.4. The summed E-state index contributed by atoms with van der Waals surface area (Å²) in [7, 11) is 0. The van der Waals surface area contributed by atoms with Crippen molar-refractivity contribution in [2.75, 3.05) is 44.2 Å². The lowest BCUT2D eigenvalue weighted by molar-refractivity contribution is -0.138. The van der Waals surface area contributed by atoms with Gasteiger partial charge in [-0.15, -0.1) is 11.3 Å². The Morgan fingerprint density at radius 1 is 1.23 bits per heavy atom. The largest absolute Gasteiger partial charge is 0.480 e. The van der Waals surface area contributed by atoms with E-state index in [2.05, 4.69) is 9.97 Å². The summed E-state index contributed by atoms with van der Waals surface area (Å²) in [6.07, 6.45) is -4.03. The number of anilines is 1.